The van der Waals surface area contributed by atoms with E-state index in [0.29, 0.717) is 13.1 Å². The smallest absolute Gasteiger partial charge is 0.321 e. The van der Waals surface area contributed by atoms with E-state index in [0.717, 1.165) is 0 Å². The van der Waals surface area contributed by atoms with Gasteiger partial charge in [0.25, 0.3) is 0 Å². The van der Waals surface area contributed by atoms with Gasteiger partial charge in [-0.05, 0) is 34.6 Å². The van der Waals surface area contributed by atoms with Crippen molar-refractivity contribution in [2.45, 2.75) is 52.4 Å². The van der Waals surface area contributed by atoms with E-state index in [1.807, 2.05) is 39.5 Å². The fourth-order valence-corrected chi connectivity index (χ4v) is 2.15. The fraction of sp³-hybridized carbons (Fsp3) is 0.846. The van der Waals surface area contributed by atoms with Crippen LogP contribution in [0.25, 0.3) is 0 Å². The van der Waals surface area contributed by atoms with Gasteiger partial charge >= 0.3 is 6.03 Å². The van der Waals surface area contributed by atoms with E-state index in [1.54, 1.807) is 0 Å². The molecule has 1 heterocycles. The van der Waals surface area contributed by atoms with Crippen molar-refractivity contribution in [3.63, 3.8) is 0 Å². The van der Waals surface area contributed by atoms with Crippen molar-refractivity contribution in [2.24, 2.45) is 0 Å². The summed E-state index contributed by atoms with van der Waals surface area (Å²) >= 11 is 0. The molecule has 1 fully saturated rings. The molecule has 0 aromatic heterocycles. The minimum absolute atomic E-state index is 0.111. The highest BCUT2D eigenvalue weighted by molar-refractivity contribution is 5.95. The lowest BCUT2D eigenvalue weighted by Crippen LogP contribution is -2.53. The third kappa shape index (κ3) is 6.54. The summed E-state index contributed by atoms with van der Waals surface area (Å²) in [4.78, 5) is 25.3. The minimum atomic E-state index is -0.452. The Labute approximate surface area is 114 Å². The molecule has 6 heteroatoms. The van der Waals surface area contributed by atoms with Crippen molar-refractivity contribution < 1.29 is 14.3 Å². The van der Waals surface area contributed by atoms with E-state index >= 15 is 0 Å². The standard InChI is InChI=1S/C13H25N3O3/c1-9-6-16(7-10(2)19-9)8-11(17)14-12(18)15-13(3,4)5/h9-10H,6-8H2,1-5H3,(H2,14,15,17,18). The molecular weight excluding hydrogens is 246 g/mol. The van der Waals surface area contributed by atoms with Crippen molar-refractivity contribution in [3.05, 3.63) is 0 Å². The number of carbonyl (C=O) groups is 2. The first-order valence-electron chi connectivity index (χ1n) is 6.65. The molecule has 19 heavy (non-hydrogen) atoms. The van der Waals surface area contributed by atoms with Crippen molar-refractivity contribution in [1.29, 1.82) is 0 Å². The first-order valence-corrected chi connectivity index (χ1v) is 6.65. The zero-order valence-electron chi connectivity index (χ0n) is 12.4. The van der Waals surface area contributed by atoms with Crippen LogP contribution >= 0.6 is 0 Å². The van der Waals surface area contributed by atoms with Crippen LogP contribution in [0.3, 0.4) is 0 Å². The number of carbonyl (C=O) groups excluding carboxylic acids is 2. The number of amides is 3. The highest BCUT2D eigenvalue weighted by atomic mass is 16.5. The average Bonchev–Trinajstić information content (AvgIpc) is 2.10. The number of hydrogen-bond acceptors (Lipinski definition) is 4. The lowest BCUT2D eigenvalue weighted by Gasteiger charge is -2.34. The van der Waals surface area contributed by atoms with Crippen LogP contribution in [-0.4, -0.2) is 54.2 Å². The Morgan fingerprint density at radius 2 is 1.74 bits per heavy atom. The first kappa shape index (κ1) is 15.9. The maximum atomic E-state index is 11.8. The monoisotopic (exact) mass is 271 g/mol. The van der Waals surface area contributed by atoms with Gasteiger partial charge in [-0.1, -0.05) is 0 Å². The molecule has 0 bridgehead atoms. The molecule has 2 atom stereocenters. The highest BCUT2D eigenvalue weighted by Gasteiger charge is 2.24. The molecule has 0 aliphatic carbocycles. The predicted molar refractivity (Wildman–Crippen MR) is 72.9 cm³/mol. The van der Waals surface area contributed by atoms with E-state index in [9.17, 15) is 9.59 Å². The normalized spacial score (nSPS) is 24.9. The second-order valence-corrected chi connectivity index (χ2v) is 6.20. The molecule has 1 rings (SSSR count). The Bertz CT molecular complexity index is 329. The summed E-state index contributed by atoms with van der Waals surface area (Å²) < 4.78 is 5.59. The van der Waals surface area contributed by atoms with Gasteiger partial charge in [-0.25, -0.2) is 4.79 Å². The summed E-state index contributed by atoms with van der Waals surface area (Å²) in [6.45, 7) is 11.2. The number of hydrogen-bond donors (Lipinski definition) is 2. The Kier molecular flexibility index (Phi) is 5.31. The van der Waals surface area contributed by atoms with Gasteiger partial charge in [0.15, 0.2) is 0 Å². The van der Waals surface area contributed by atoms with Gasteiger partial charge in [0.1, 0.15) is 0 Å². The summed E-state index contributed by atoms with van der Waals surface area (Å²) in [6.07, 6.45) is 0.222. The Morgan fingerprint density at radius 1 is 1.21 bits per heavy atom. The maximum absolute atomic E-state index is 11.8. The summed E-state index contributed by atoms with van der Waals surface area (Å²) in [5.41, 5.74) is -0.355. The van der Waals surface area contributed by atoms with Gasteiger partial charge < -0.3 is 10.1 Å². The summed E-state index contributed by atoms with van der Waals surface area (Å²) in [6, 6.07) is -0.452. The molecule has 1 aliphatic heterocycles. The van der Waals surface area contributed by atoms with Crippen LogP contribution in [0.15, 0.2) is 0 Å². The SMILES string of the molecule is CC1CN(CC(=O)NC(=O)NC(C)(C)C)CC(C)O1. The molecule has 6 nitrogen and oxygen atoms in total. The van der Waals surface area contributed by atoms with Gasteiger partial charge in [-0.15, -0.1) is 0 Å². The molecule has 0 aromatic carbocycles. The van der Waals surface area contributed by atoms with Gasteiger partial charge in [-0.3, -0.25) is 15.0 Å². The summed E-state index contributed by atoms with van der Waals surface area (Å²) in [5.74, 6) is -0.289. The van der Waals surface area contributed by atoms with Gasteiger partial charge in [0, 0.05) is 18.6 Å². The van der Waals surface area contributed by atoms with Crippen LogP contribution in [0.2, 0.25) is 0 Å². The first-order chi connectivity index (χ1) is 8.65. The second kappa shape index (κ2) is 6.34. The van der Waals surface area contributed by atoms with E-state index in [1.165, 1.54) is 0 Å². The Hall–Kier alpha value is -1.14. The van der Waals surface area contributed by atoms with Crippen LogP contribution in [0, 0.1) is 0 Å². The van der Waals surface area contributed by atoms with E-state index in [4.69, 9.17) is 4.74 Å². The van der Waals surface area contributed by atoms with Gasteiger partial charge in [0.05, 0.1) is 18.8 Å². The number of morpholine rings is 1. The number of nitrogens with zero attached hydrogens (tertiary/aromatic N) is 1. The average molecular weight is 271 g/mol. The highest BCUT2D eigenvalue weighted by Crippen LogP contribution is 2.09. The molecule has 2 N–H and O–H groups in total. The van der Waals surface area contributed by atoms with Crippen LogP contribution in [-0.2, 0) is 9.53 Å². The van der Waals surface area contributed by atoms with Crippen LogP contribution < -0.4 is 10.6 Å². The molecule has 0 saturated carbocycles. The molecule has 3 amide bonds. The molecule has 0 radical (unpaired) electrons. The molecule has 0 spiro atoms. The van der Waals surface area contributed by atoms with E-state index in [2.05, 4.69) is 10.6 Å². The number of nitrogens with one attached hydrogen (secondary N) is 2. The zero-order chi connectivity index (χ0) is 14.6. The number of urea groups is 1. The van der Waals surface area contributed by atoms with Gasteiger partial charge in [0.2, 0.25) is 5.91 Å². The molecular formula is C13H25N3O3. The maximum Gasteiger partial charge on any atom is 0.321 e. The molecule has 2 unspecified atom stereocenters. The lowest BCUT2D eigenvalue weighted by molar-refractivity contribution is -0.124. The van der Waals surface area contributed by atoms with Crippen LogP contribution in [0.1, 0.15) is 34.6 Å². The third-order valence-electron chi connectivity index (χ3n) is 2.60. The fourth-order valence-electron chi connectivity index (χ4n) is 2.15. The number of rotatable bonds is 2. The van der Waals surface area contributed by atoms with Gasteiger partial charge in [-0.2, -0.15) is 0 Å². The van der Waals surface area contributed by atoms with Crippen LogP contribution in [0.4, 0.5) is 4.79 Å². The summed E-state index contributed by atoms with van der Waals surface area (Å²) in [7, 11) is 0. The Morgan fingerprint density at radius 3 is 2.21 bits per heavy atom. The van der Waals surface area contributed by atoms with Crippen molar-refractivity contribution in [3.8, 4) is 0 Å². The molecule has 1 saturated heterocycles. The van der Waals surface area contributed by atoms with Crippen molar-refractivity contribution >= 4 is 11.9 Å². The quantitative estimate of drug-likeness (QED) is 0.776. The van der Waals surface area contributed by atoms with Crippen molar-refractivity contribution in [2.75, 3.05) is 19.6 Å². The largest absolute Gasteiger partial charge is 0.373 e. The molecule has 0 aromatic rings. The topological polar surface area (TPSA) is 70.7 Å². The lowest BCUT2D eigenvalue weighted by atomic mass is 10.1. The number of ether oxygens (including phenoxy) is 1. The molecule has 110 valence electrons. The summed E-state index contributed by atoms with van der Waals surface area (Å²) in [5, 5.41) is 5.03. The number of imide groups is 1. The van der Waals surface area contributed by atoms with Crippen LogP contribution in [0.5, 0.6) is 0 Å². The minimum Gasteiger partial charge on any atom is -0.373 e. The third-order valence-corrected chi connectivity index (χ3v) is 2.60. The predicted octanol–water partition coefficient (Wildman–Crippen LogP) is 0.720. The van der Waals surface area contributed by atoms with E-state index in [-0.39, 0.29) is 30.2 Å². The zero-order valence-corrected chi connectivity index (χ0v) is 12.4. The second-order valence-electron chi connectivity index (χ2n) is 6.20. The Balaban J connectivity index is 2.36. The van der Waals surface area contributed by atoms with E-state index < -0.39 is 6.03 Å². The molecule has 1 aliphatic rings. The van der Waals surface area contributed by atoms with Crippen molar-refractivity contribution in [1.82, 2.24) is 15.5 Å².